The molecule has 1 nitrogen and oxygen atoms in total. The van der Waals surface area contributed by atoms with Crippen molar-refractivity contribution in [2.45, 2.75) is 36.0 Å². The number of hydrogen-bond acceptors (Lipinski definition) is 3. The van der Waals surface area contributed by atoms with Crippen LogP contribution in [0.5, 0.6) is 0 Å². The quantitative estimate of drug-likeness (QED) is 0.795. The highest BCUT2D eigenvalue weighted by molar-refractivity contribution is 8.08. The minimum absolute atomic E-state index is 0.0752. The molecule has 104 valence electrons. The third kappa shape index (κ3) is 3.84. The molecule has 1 aromatic carbocycles. The summed E-state index contributed by atoms with van der Waals surface area (Å²) in [5, 5.41) is 2.23. The lowest BCUT2D eigenvalue weighted by atomic mass is 10.1. The van der Waals surface area contributed by atoms with E-state index in [2.05, 4.69) is 13.8 Å². The third-order valence-electron chi connectivity index (χ3n) is 3.31. The van der Waals surface area contributed by atoms with Crippen LogP contribution in [0.4, 0.5) is 0 Å². The predicted octanol–water partition coefficient (Wildman–Crippen LogP) is 4.73. The Hall–Kier alpha value is 0.170. The average molecular weight is 335 g/mol. The summed E-state index contributed by atoms with van der Waals surface area (Å²) in [4.78, 5) is 12.3. The van der Waals surface area contributed by atoms with Crippen LogP contribution >= 0.6 is 46.7 Å². The highest BCUT2D eigenvalue weighted by atomic mass is 35.5. The number of carbonyl (C=O) groups excluding carboxylic acids is 1. The Morgan fingerprint density at radius 1 is 1.32 bits per heavy atom. The summed E-state index contributed by atoms with van der Waals surface area (Å²) in [6.45, 7) is 4.41. The van der Waals surface area contributed by atoms with Crippen LogP contribution < -0.4 is 0 Å². The summed E-state index contributed by atoms with van der Waals surface area (Å²) in [5.74, 6) is 1.15. The Bertz CT molecular complexity index is 479. The van der Waals surface area contributed by atoms with Crippen LogP contribution in [0, 0.1) is 0 Å². The van der Waals surface area contributed by atoms with E-state index in [0.717, 1.165) is 11.3 Å². The van der Waals surface area contributed by atoms with Crippen LogP contribution in [0.2, 0.25) is 10.0 Å². The Morgan fingerprint density at radius 3 is 2.74 bits per heavy atom. The van der Waals surface area contributed by atoms with Gasteiger partial charge in [0.2, 0.25) is 0 Å². The zero-order chi connectivity index (χ0) is 14.0. The van der Waals surface area contributed by atoms with E-state index in [9.17, 15) is 4.79 Å². The summed E-state index contributed by atoms with van der Waals surface area (Å²) in [7, 11) is 0. The van der Waals surface area contributed by atoms with Crippen molar-refractivity contribution < 1.29 is 4.79 Å². The van der Waals surface area contributed by atoms with Crippen LogP contribution in [-0.2, 0) is 11.2 Å². The molecule has 1 fully saturated rings. The highest BCUT2D eigenvalue weighted by Gasteiger charge is 2.30. The maximum absolute atomic E-state index is 12.3. The molecular weight excluding hydrogens is 319 g/mol. The molecule has 0 amide bonds. The van der Waals surface area contributed by atoms with Gasteiger partial charge >= 0.3 is 0 Å². The Kier molecular flexibility index (Phi) is 5.53. The van der Waals surface area contributed by atoms with Crippen LogP contribution in [0.1, 0.15) is 19.4 Å². The normalized spacial score (nSPS) is 27.3. The van der Waals surface area contributed by atoms with E-state index in [-0.39, 0.29) is 11.0 Å². The smallest absolute Gasteiger partial charge is 0.151 e. The Labute approximate surface area is 132 Å². The van der Waals surface area contributed by atoms with Gasteiger partial charge in [0, 0.05) is 22.7 Å². The topological polar surface area (TPSA) is 17.1 Å². The summed E-state index contributed by atoms with van der Waals surface area (Å²) >= 11 is 15.8. The fraction of sp³-hybridized carbons (Fsp3) is 0.500. The van der Waals surface area contributed by atoms with Crippen LogP contribution in [0.25, 0.3) is 0 Å². The summed E-state index contributed by atoms with van der Waals surface area (Å²) in [6.07, 6.45) is 0.374. The second kappa shape index (κ2) is 6.75. The largest absolute Gasteiger partial charge is 0.298 e. The molecule has 0 saturated carbocycles. The monoisotopic (exact) mass is 334 g/mol. The first-order chi connectivity index (χ1) is 8.99. The number of Topliss-reactive ketones (excluding diaryl/α,β-unsaturated/α-hetero) is 1. The van der Waals surface area contributed by atoms with E-state index in [0.29, 0.717) is 27.0 Å². The van der Waals surface area contributed by atoms with Crippen molar-refractivity contribution in [1.29, 1.82) is 0 Å². The first-order valence-corrected chi connectivity index (χ1v) is 8.96. The molecule has 1 aliphatic rings. The van der Waals surface area contributed by atoms with Crippen molar-refractivity contribution in [2.75, 3.05) is 5.75 Å². The molecular formula is C14H16Cl2OS2. The standard InChI is InChI=1S/C14H16Cl2OS2/c1-8-9(2)19-13(7-18-8)12(17)6-10-4-3-5-11(15)14(10)16/h3-5,8-9,13H,6-7H2,1-2H3. The molecule has 0 aromatic heterocycles. The molecule has 0 radical (unpaired) electrons. The van der Waals surface area contributed by atoms with E-state index in [4.69, 9.17) is 23.2 Å². The van der Waals surface area contributed by atoms with Crippen molar-refractivity contribution >= 4 is 52.5 Å². The molecule has 1 aliphatic heterocycles. The van der Waals surface area contributed by atoms with Crippen molar-refractivity contribution in [3.8, 4) is 0 Å². The summed E-state index contributed by atoms with van der Waals surface area (Å²) < 4.78 is 0. The second-order valence-corrected chi connectivity index (χ2v) is 8.50. The molecule has 19 heavy (non-hydrogen) atoms. The molecule has 2 rings (SSSR count). The second-order valence-electron chi connectivity index (χ2n) is 4.72. The molecule has 1 aromatic rings. The maximum Gasteiger partial charge on any atom is 0.151 e. The van der Waals surface area contributed by atoms with Gasteiger partial charge in [-0.1, -0.05) is 49.2 Å². The number of thioether (sulfide) groups is 2. The summed E-state index contributed by atoms with van der Waals surface area (Å²) in [6, 6.07) is 5.45. The van der Waals surface area contributed by atoms with Crippen molar-refractivity contribution in [3.05, 3.63) is 33.8 Å². The minimum Gasteiger partial charge on any atom is -0.298 e. The van der Waals surface area contributed by atoms with Crippen LogP contribution in [0.3, 0.4) is 0 Å². The number of benzene rings is 1. The molecule has 3 unspecified atom stereocenters. The van der Waals surface area contributed by atoms with Gasteiger partial charge in [-0.2, -0.15) is 11.8 Å². The first-order valence-electron chi connectivity index (χ1n) is 6.21. The van der Waals surface area contributed by atoms with Crippen molar-refractivity contribution in [1.82, 2.24) is 0 Å². The van der Waals surface area contributed by atoms with Gasteiger partial charge in [0.25, 0.3) is 0 Å². The van der Waals surface area contributed by atoms with Crippen molar-refractivity contribution in [3.63, 3.8) is 0 Å². The average Bonchev–Trinajstić information content (AvgIpc) is 2.38. The van der Waals surface area contributed by atoms with Gasteiger partial charge in [0.1, 0.15) is 0 Å². The van der Waals surface area contributed by atoms with E-state index >= 15 is 0 Å². The number of hydrogen-bond donors (Lipinski definition) is 0. The molecule has 0 spiro atoms. The molecule has 1 heterocycles. The lowest BCUT2D eigenvalue weighted by Crippen LogP contribution is -2.32. The zero-order valence-electron chi connectivity index (χ0n) is 10.9. The molecule has 5 heteroatoms. The van der Waals surface area contributed by atoms with Gasteiger partial charge in [-0.15, -0.1) is 11.8 Å². The van der Waals surface area contributed by atoms with Gasteiger partial charge in [-0.25, -0.2) is 0 Å². The predicted molar refractivity (Wildman–Crippen MR) is 87.9 cm³/mol. The van der Waals surface area contributed by atoms with E-state index < -0.39 is 0 Å². The number of rotatable bonds is 3. The van der Waals surface area contributed by atoms with Gasteiger partial charge < -0.3 is 0 Å². The molecule has 0 N–H and O–H groups in total. The molecule has 0 bridgehead atoms. The SMILES string of the molecule is CC1SCC(C(=O)Cc2cccc(Cl)c2Cl)SC1C. The number of ketones is 1. The Morgan fingerprint density at radius 2 is 2.05 bits per heavy atom. The third-order valence-corrected chi connectivity index (χ3v) is 7.60. The van der Waals surface area contributed by atoms with Gasteiger partial charge in [0.05, 0.1) is 15.3 Å². The van der Waals surface area contributed by atoms with Crippen LogP contribution in [-0.4, -0.2) is 27.3 Å². The number of halogens is 2. The fourth-order valence-electron chi connectivity index (χ4n) is 1.94. The lowest BCUT2D eigenvalue weighted by molar-refractivity contribution is -0.117. The zero-order valence-corrected chi connectivity index (χ0v) is 14.0. The van der Waals surface area contributed by atoms with Gasteiger partial charge in [-0.05, 0) is 11.6 Å². The number of carbonyl (C=O) groups is 1. The molecule has 0 aliphatic carbocycles. The molecule has 1 saturated heterocycles. The van der Waals surface area contributed by atoms with Crippen molar-refractivity contribution in [2.24, 2.45) is 0 Å². The molecule has 3 atom stereocenters. The van der Waals surface area contributed by atoms with E-state index in [1.807, 2.05) is 23.9 Å². The Balaban J connectivity index is 2.03. The van der Waals surface area contributed by atoms with E-state index in [1.165, 1.54) is 0 Å². The summed E-state index contributed by atoms with van der Waals surface area (Å²) in [5.41, 5.74) is 0.830. The first kappa shape index (κ1) is 15.6. The van der Waals surface area contributed by atoms with Gasteiger partial charge in [-0.3, -0.25) is 4.79 Å². The lowest BCUT2D eigenvalue weighted by Gasteiger charge is -2.30. The van der Waals surface area contributed by atoms with Gasteiger partial charge in [0.15, 0.2) is 5.78 Å². The van der Waals surface area contributed by atoms with E-state index in [1.54, 1.807) is 17.8 Å². The minimum atomic E-state index is 0.0752. The maximum atomic E-state index is 12.3. The highest BCUT2D eigenvalue weighted by Crippen LogP contribution is 2.37. The van der Waals surface area contributed by atoms with Crippen LogP contribution in [0.15, 0.2) is 18.2 Å². The fourth-order valence-corrected chi connectivity index (χ4v) is 5.21.